The molecule has 0 heterocycles. The van der Waals surface area contributed by atoms with Crippen LogP contribution in [-0.4, -0.2) is 54.6 Å². The summed E-state index contributed by atoms with van der Waals surface area (Å²) in [4.78, 5) is 14.2. The molecule has 11 heteroatoms. The van der Waals surface area contributed by atoms with Crippen LogP contribution in [-0.2, 0) is 0 Å². The number of anilines is 3. The molecule has 0 unspecified atom stereocenters. The third-order valence-electron chi connectivity index (χ3n) is 4.10. The third kappa shape index (κ3) is 11.2. The molecule has 0 saturated carbocycles. The summed E-state index contributed by atoms with van der Waals surface area (Å²) in [5.41, 5.74) is 8.46. The molecule has 2 aromatic carbocycles. The molecule has 31 heavy (non-hydrogen) atoms. The number of nitro groups is 1. The molecule has 2 rings (SSSR count). The molecular weight excluding hydrogens is 506 g/mol. The van der Waals surface area contributed by atoms with Crippen molar-refractivity contribution in [2.24, 2.45) is 0 Å². The molecule has 0 fully saturated rings. The highest BCUT2D eigenvalue weighted by Crippen LogP contribution is 2.19. The number of rotatable bonds is 11. The number of hydrogen-bond donors (Lipinski definition) is 1. The van der Waals surface area contributed by atoms with Gasteiger partial charge in [-0.3, -0.25) is 10.1 Å². The van der Waals surface area contributed by atoms with Crippen LogP contribution in [0.5, 0.6) is 0 Å². The monoisotopic (exact) mass is 530 g/mol. The summed E-state index contributed by atoms with van der Waals surface area (Å²) < 4.78 is 0. The first-order valence-electron chi connectivity index (χ1n) is 9.30. The number of non-ortho nitro benzene ring substituents is 1. The zero-order valence-corrected chi connectivity index (χ0v) is 20.8. The molecule has 0 aliphatic carbocycles. The maximum absolute atomic E-state index is 10.5. The van der Waals surface area contributed by atoms with Gasteiger partial charge in [0.2, 0.25) is 0 Å². The van der Waals surface area contributed by atoms with Gasteiger partial charge in [0.1, 0.15) is 0 Å². The second-order valence-electron chi connectivity index (χ2n) is 6.10. The normalized spacial score (nSPS) is 9.81. The molecule has 0 atom stereocenters. The molecule has 6 nitrogen and oxygen atoms in total. The smallest absolute Gasteiger partial charge is 0.269 e. The van der Waals surface area contributed by atoms with E-state index in [9.17, 15) is 10.1 Å². The van der Waals surface area contributed by atoms with Gasteiger partial charge in [0.15, 0.2) is 0 Å². The average Bonchev–Trinajstić information content (AvgIpc) is 2.74. The average molecular weight is 533 g/mol. The Morgan fingerprint density at radius 1 is 0.710 bits per heavy atom. The lowest BCUT2D eigenvalue weighted by Crippen LogP contribution is -2.27. The Kier molecular flexibility index (Phi) is 16.5. The highest BCUT2D eigenvalue weighted by molar-refractivity contribution is 6.19. The Hall–Kier alpha value is -1.31. The van der Waals surface area contributed by atoms with Crippen molar-refractivity contribution >= 4 is 81.6 Å². The van der Waals surface area contributed by atoms with Crippen LogP contribution in [0.25, 0.3) is 0 Å². The predicted octanol–water partition coefficient (Wildman–Crippen LogP) is 5.85. The number of halogens is 5. The first-order chi connectivity index (χ1) is 14.5. The van der Waals surface area contributed by atoms with E-state index in [1.807, 2.05) is 29.2 Å². The Bertz CT molecular complexity index is 723. The maximum atomic E-state index is 10.5. The van der Waals surface area contributed by atoms with E-state index < -0.39 is 4.92 Å². The molecule has 174 valence electrons. The van der Waals surface area contributed by atoms with Gasteiger partial charge < -0.3 is 15.5 Å². The first kappa shape index (κ1) is 29.7. The van der Waals surface area contributed by atoms with Gasteiger partial charge in [0.05, 0.1) is 4.92 Å². The van der Waals surface area contributed by atoms with Gasteiger partial charge in [-0.15, -0.1) is 58.8 Å². The van der Waals surface area contributed by atoms with Crippen molar-refractivity contribution in [1.82, 2.24) is 0 Å². The van der Waals surface area contributed by atoms with Crippen molar-refractivity contribution in [3.63, 3.8) is 0 Å². The number of nitro benzene ring substituents is 1. The van der Waals surface area contributed by atoms with Crippen molar-refractivity contribution in [1.29, 1.82) is 0 Å². The summed E-state index contributed by atoms with van der Waals surface area (Å²) in [5, 5.41) is 10.5. The van der Waals surface area contributed by atoms with Crippen molar-refractivity contribution in [3.8, 4) is 0 Å². The Morgan fingerprint density at radius 3 is 1.32 bits per heavy atom. The number of hydrogen-bond acceptors (Lipinski definition) is 5. The summed E-state index contributed by atoms with van der Waals surface area (Å²) in [6, 6.07) is 14.1. The van der Waals surface area contributed by atoms with Crippen LogP contribution in [0.15, 0.2) is 48.5 Å². The summed E-state index contributed by atoms with van der Waals surface area (Å²) in [7, 11) is 0. The second kappa shape index (κ2) is 17.3. The van der Waals surface area contributed by atoms with Gasteiger partial charge in [-0.1, -0.05) is 0 Å². The summed E-state index contributed by atoms with van der Waals surface area (Å²) in [6.07, 6.45) is 0. The summed E-state index contributed by atoms with van der Waals surface area (Å²) in [6.45, 7) is 2.95. The minimum absolute atomic E-state index is 0. The molecule has 0 bridgehead atoms. The van der Waals surface area contributed by atoms with E-state index in [-0.39, 0.29) is 18.1 Å². The van der Waals surface area contributed by atoms with Crippen LogP contribution in [0.1, 0.15) is 0 Å². The Morgan fingerprint density at radius 2 is 1.03 bits per heavy atom. The molecule has 0 spiro atoms. The van der Waals surface area contributed by atoms with Gasteiger partial charge in [0.25, 0.3) is 5.69 Å². The molecule has 2 aromatic rings. The fourth-order valence-corrected chi connectivity index (χ4v) is 3.43. The van der Waals surface area contributed by atoms with Crippen molar-refractivity contribution in [3.05, 3.63) is 58.6 Å². The van der Waals surface area contributed by atoms with Crippen LogP contribution in [0.3, 0.4) is 0 Å². The van der Waals surface area contributed by atoms with E-state index in [0.717, 1.165) is 30.2 Å². The van der Waals surface area contributed by atoms with Crippen LogP contribution in [0, 0.1) is 10.1 Å². The number of nitrogens with zero attached hydrogens (tertiary/aromatic N) is 3. The summed E-state index contributed by atoms with van der Waals surface area (Å²) in [5.74, 6) is 2.18. The quantitative estimate of drug-likeness (QED) is 0.170. The van der Waals surface area contributed by atoms with Crippen LogP contribution >= 0.6 is 58.8 Å². The molecule has 2 N–H and O–H groups in total. The number of nitrogens with two attached hydrogens (primary N) is 1. The topological polar surface area (TPSA) is 75.6 Å². The standard InChI is InChI=1S/C10H12Cl2N2O2.C10H14Cl2N2.ClH/c11-5-7-13(8-6-12)9-1-3-10(4-2-9)14(15)16;11-5-7-14(8-6-12)10-3-1-9(13)2-4-10;/h1-4H,5-8H2;1-4H,5-8,13H2;1H. The van der Waals surface area contributed by atoms with Crippen LogP contribution in [0.4, 0.5) is 22.7 Å². The zero-order chi connectivity index (χ0) is 22.4. The minimum atomic E-state index is -0.419. The molecule has 0 radical (unpaired) electrons. The van der Waals surface area contributed by atoms with Gasteiger partial charge in [-0.2, -0.15) is 0 Å². The lowest BCUT2D eigenvalue weighted by atomic mass is 10.2. The fourth-order valence-electron chi connectivity index (χ4n) is 2.62. The highest BCUT2D eigenvalue weighted by Gasteiger charge is 2.08. The van der Waals surface area contributed by atoms with Crippen molar-refractivity contribution < 1.29 is 4.92 Å². The molecule has 0 saturated heterocycles. The summed E-state index contributed by atoms with van der Waals surface area (Å²) >= 11 is 22.7. The van der Waals surface area contributed by atoms with E-state index in [1.165, 1.54) is 12.1 Å². The molecular formula is C20H27Cl5N4O2. The lowest BCUT2D eigenvalue weighted by Gasteiger charge is -2.22. The number of nitrogen functional groups attached to an aromatic ring is 1. The third-order valence-corrected chi connectivity index (χ3v) is 4.78. The largest absolute Gasteiger partial charge is 0.399 e. The molecule has 0 amide bonds. The number of benzene rings is 2. The van der Waals surface area contributed by atoms with E-state index in [0.29, 0.717) is 36.6 Å². The Balaban J connectivity index is 0.000000567. The molecule has 0 aromatic heterocycles. The fraction of sp³-hybridized carbons (Fsp3) is 0.400. The van der Waals surface area contributed by atoms with E-state index in [1.54, 1.807) is 12.1 Å². The van der Waals surface area contributed by atoms with Crippen molar-refractivity contribution in [2.75, 3.05) is 65.2 Å². The SMILES string of the molecule is Cl.Nc1ccc(N(CCCl)CCCl)cc1.O=[N+]([O-])c1ccc(N(CCCl)CCCl)cc1. The highest BCUT2D eigenvalue weighted by atomic mass is 35.5. The van der Waals surface area contributed by atoms with Gasteiger partial charge >= 0.3 is 0 Å². The van der Waals surface area contributed by atoms with Crippen molar-refractivity contribution in [2.45, 2.75) is 0 Å². The van der Waals surface area contributed by atoms with E-state index in [2.05, 4.69) is 4.90 Å². The zero-order valence-electron chi connectivity index (χ0n) is 16.9. The molecule has 0 aliphatic heterocycles. The van der Waals surface area contributed by atoms with E-state index >= 15 is 0 Å². The predicted molar refractivity (Wildman–Crippen MR) is 139 cm³/mol. The van der Waals surface area contributed by atoms with Gasteiger partial charge in [-0.25, -0.2) is 0 Å². The second-order valence-corrected chi connectivity index (χ2v) is 7.61. The van der Waals surface area contributed by atoms with E-state index in [4.69, 9.17) is 52.1 Å². The van der Waals surface area contributed by atoms with Gasteiger partial charge in [0, 0.05) is 78.9 Å². The van der Waals surface area contributed by atoms with Gasteiger partial charge in [-0.05, 0) is 36.4 Å². The van der Waals surface area contributed by atoms with Crippen LogP contribution in [0.2, 0.25) is 0 Å². The minimum Gasteiger partial charge on any atom is -0.399 e. The Labute approximate surface area is 209 Å². The first-order valence-corrected chi connectivity index (χ1v) is 11.4. The maximum Gasteiger partial charge on any atom is 0.269 e. The van der Waals surface area contributed by atoms with Crippen LogP contribution < -0.4 is 15.5 Å². The lowest BCUT2D eigenvalue weighted by molar-refractivity contribution is -0.384. The number of alkyl halides is 4. The molecule has 0 aliphatic rings.